The number of ether oxygens (including phenoxy) is 1. The number of nitrogens with two attached hydrogens (primary N) is 1. The third kappa shape index (κ3) is 1.52. The maximum Gasteiger partial charge on any atom is 0.218 e. The first kappa shape index (κ1) is 8.51. The summed E-state index contributed by atoms with van der Waals surface area (Å²) in [6.07, 6.45) is 3.82. The van der Waals surface area contributed by atoms with Crippen LogP contribution in [0.5, 0.6) is 5.88 Å². The lowest BCUT2D eigenvalue weighted by molar-refractivity contribution is 0.319. The molecule has 0 unspecified atom stereocenters. The lowest BCUT2D eigenvalue weighted by Crippen LogP contribution is -2.20. The van der Waals surface area contributed by atoms with Crippen LogP contribution in [0.3, 0.4) is 0 Å². The molecule has 1 saturated carbocycles. The highest BCUT2D eigenvalue weighted by Crippen LogP contribution is 2.45. The van der Waals surface area contributed by atoms with Gasteiger partial charge in [-0.15, -0.1) is 0 Å². The lowest BCUT2D eigenvalue weighted by Gasteiger charge is -2.13. The van der Waals surface area contributed by atoms with E-state index in [4.69, 9.17) is 10.5 Å². The van der Waals surface area contributed by atoms with Gasteiger partial charge in [-0.1, -0.05) is 6.07 Å². The molecule has 3 nitrogen and oxygen atoms in total. The van der Waals surface area contributed by atoms with Crippen molar-refractivity contribution in [3.8, 4) is 5.88 Å². The molecule has 0 saturated heterocycles. The first-order valence-electron chi connectivity index (χ1n) is 4.63. The molecule has 70 valence electrons. The molecule has 2 N–H and O–H groups in total. The quantitative estimate of drug-likeness (QED) is 0.761. The van der Waals surface area contributed by atoms with Gasteiger partial charge in [0.25, 0.3) is 0 Å². The van der Waals surface area contributed by atoms with Crippen molar-refractivity contribution in [2.75, 3.05) is 6.61 Å². The van der Waals surface area contributed by atoms with Gasteiger partial charge in [0.2, 0.25) is 5.88 Å². The average molecular weight is 178 g/mol. The first-order valence-corrected chi connectivity index (χ1v) is 4.63. The monoisotopic (exact) mass is 178 g/mol. The summed E-state index contributed by atoms with van der Waals surface area (Å²) in [5.74, 6) is 0.699. The van der Waals surface area contributed by atoms with E-state index in [1.165, 1.54) is 0 Å². The molecule has 0 radical (unpaired) electrons. The Kier molecular flexibility index (Phi) is 1.96. The van der Waals surface area contributed by atoms with Gasteiger partial charge < -0.3 is 10.5 Å². The molecule has 1 fully saturated rings. The van der Waals surface area contributed by atoms with Crippen molar-refractivity contribution in [1.82, 2.24) is 4.98 Å². The Hall–Kier alpha value is -1.09. The van der Waals surface area contributed by atoms with Crippen LogP contribution in [0.15, 0.2) is 18.3 Å². The second-order valence-electron chi connectivity index (χ2n) is 3.45. The van der Waals surface area contributed by atoms with Gasteiger partial charge in [0, 0.05) is 17.3 Å². The molecule has 1 aromatic heterocycles. The number of hydrogen-bond donors (Lipinski definition) is 1. The van der Waals surface area contributed by atoms with Crippen LogP contribution in [0.25, 0.3) is 0 Å². The van der Waals surface area contributed by atoms with Crippen LogP contribution in [-0.4, -0.2) is 11.6 Å². The zero-order valence-corrected chi connectivity index (χ0v) is 7.79. The zero-order chi connectivity index (χ0) is 9.31. The second kappa shape index (κ2) is 3.00. The maximum absolute atomic E-state index is 6.08. The maximum atomic E-state index is 6.08. The number of rotatable bonds is 3. The van der Waals surface area contributed by atoms with Crippen LogP contribution < -0.4 is 10.5 Å². The van der Waals surface area contributed by atoms with E-state index in [0.717, 1.165) is 18.4 Å². The highest BCUT2D eigenvalue weighted by Gasteiger charge is 2.42. The van der Waals surface area contributed by atoms with Gasteiger partial charge in [-0.05, 0) is 25.8 Å². The van der Waals surface area contributed by atoms with Crippen molar-refractivity contribution in [1.29, 1.82) is 0 Å². The van der Waals surface area contributed by atoms with Crippen molar-refractivity contribution in [2.45, 2.75) is 25.3 Å². The van der Waals surface area contributed by atoms with E-state index in [9.17, 15) is 0 Å². The van der Waals surface area contributed by atoms with Crippen LogP contribution in [-0.2, 0) is 5.54 Å². The van der Waals surface area contributed by atoms with E-state index in [1.54, 1.807) is 6.20 Å². The summed E-state index contributed by atoms with van der Waals surface area (Å²) in [5, 5.41) is 0. The fourth-order valence-corrected chi connectivity index (χ4v) is 1.43. The number of hydrogen-bond acceptors (Lipinski definition) is 3. The van der Waals surface area contributed by atoms with E-state index in [0.29, 0.717) is 12.5 Å². The molecule has 1 aliphatic rings. The molecular formula is C10H14N2O. The van der Waals surface area contributed by atoms with Gasteiger partial charge in [0.15, 0.2) is 0 Å². The van der Waals surface area contributed by atoms with Gasteiger partial charge in [-0.2, -0.15) is 0 Å². The predicted octanol–water partition coefficient (Wildman–Crippen LogP) is 1.43. The smallest absolute Gasteiger partial charge is 0.218 e. The van der Waals surface area contributed by atoms with E-state index < -0.39 is 0 Å². The number of nitrogens with zero attached hydrogens (tertiary/aromatic N) is 1. The van der Waals surface area contributed by atoms with Crippen molar-refractivity contribution in [2.24, 2.45) is 5.73 Å². The highest BCUT2D eigenvalue weighted by atomic mass is 16.5. The molecule has 3 heteroatoms. The summed E-state index contributed by atoms with van der Waals surface area (Å²) in [6.45, 7) is 2.59. The lowest BCUT2D eigenvalue weighted by atomic mass is 10.1. The Labute approximate surface area is 77.9 Å². The van der Waals surface area contributed by atoms with E-state index in [-0.39, 0.29) is 5.54 Å². The van der Waals surface area contributed by atoms with Crippen LogP contribution in [0.1, 0.15) is 25.3 Å². The topological polar surface area (TPSA) is 48.1 Å². The highest BCUT2D eigenvalue weighted by molar-refractivity contribution is 5.36. The number of aromatic nitrogens is 1. The molecular weight excluding hydrogens is 164 g/mol. The molecule has 0 amide bonds. The van der Waals surface area contributed by atoms with Crippen LogP contribution in [0, 0.1) is 0 Å². The Morgan fingerprint density at radius 3 is 3.00 bits per heavy atom. The fraction of sp³-hybridized carbons (Fsp3) is 0.500. The third-order valence-electron chi connectivity index (χ3n) is 2.38. The predicted molar refractivity (Wildman–Crippen MR) is 50.5 cm³/mol. The van der Waals surface area contributed by atoms with E-state index in [2.05, 4.69) is 4.98 Å². The van der Waals surface area contributed by atoms with Gasteiger partial charge in [-0.3, -0.25) is 0 Å². The van der Waals surface area contributed by atoms with Crippen molar-refractivity contribution < 1.29 is 4.74 Å². The summed E-state index contributed by atoms with van der Waals surface area (Å²) >= 11 is 0. The minimum Gasteiger partial charge on any atom is -0.478 e. The first-order chi connectivity index (χ1) is 6.26. The zero-order valence-electron chi connectivity index (χ0n) is 7.79. The molecule has 0 spiro atoms. The summed E-state index contributed by atoms with van der Waals surface area (Å²) in [5.41, 5.74) is 6.98. The standard InChI is InChI=1S/C10H14N2O/c1-2-13-9-8(4-3-7-12-9)10(11)5-6-10/h3-4,7H,2,5-6,11H2,1H3. The molecule has 1 heterocycles. The molecule has 13 heavy (non-hydrogen) atoms. The van der Waals surface area contributed by atoms with Gasteiger partial charge in [-0.25, -0.2) is 4.98 Å². The molecule has 0 bridgehead atoms. The van der Waals surface area contributed by atoms with Gasteiger partial charge in [0.05, 0.1) is 6.61 Å². The minimum atomic E-state index is -0.154. The Morgan fingerprint density at radius 2 is 2.38 bits per heavy atom. The van der Waals surface area contributed by atoms with Gasteiger partial charge >= 0.3 is 0 Å². The molecule has 0 aliphatic heterocycles. The van der Waals surface area contributed by atoms with Crippen molar-refractivity contribution in [3.63, 3.8) is 0 Å². The molecule has 1 aliphatic carbocycles. The summed E-state index contributed by atoms with van der Waals surface area (Å²) < 4.78 is 5.41. The largest absolute Gasteiger partial charge is 0.478 e. The SMILES string of the molecule is CCOc1ncccc1C1(N)CC1. The van der Waals surface area contributed by atoms with Gasteiger partial charge in [0.1, 0.15) is 0 Å². The Bertz CT molecular complexity index is 308. The second-order valence-corrected chi connectivity index (χ2v) is 3.45. The molecule has 1 aromatic rings. The minimum absolute atomic E-state index is 0.154. The number of pyridine rings is 1. The average Bonchev–Trinajstić information content (AvgIpc) is 2.86. The summed E-state index contributed by atoms with van der Waals surface area (Å²) in [6, 6.07) is 3.91. The third-order valence-corrected chi connectivity index (χ3v) is 2.38. The van der Waals surface area contributed by atoms with Crippen molar-refractivity contribution >= 4 is 0 Å². The summed E-state index contributed by atoms with van der Waals surface area (Å²) in [4.78, 5) is 4.17. The molecule has 0 atom stereocenters. The summed E-state index contributed by atoms with van der Waals surface area (Å²) in [7, 11) is 0. The van der Waals surface area contributed by atoms with Crippen LogP contribution in [0.2, 0.25) is 0 Å². The van der Waals surface area contributed by atoms with E-state index in [1.807, 2.05) is 19.1 Å². The van der Waals surface area contributed by atoms with Crippen LogP contribution in [0.4, 0.5) is 0 Å². The fourth-order valence-electron chi connectivity index (χ4n) is 1.43. The normalized spacial score (nSPS) is 18.3. The van der Waals surface area contributed by atoms with Crippen molar-refractivity contribution in [3.05, 3.63) is 23.9 Å². The molecule has 2 rings (SSSR count). The van der Waals surface area contributed by atoms with E-state index >= 15 is 0 Å². The Morgan fingerprint density at radius 1 is 1.62 bits per heavy atom. The molecule has 0 aromatic carbocycles. The van der Waals surface area contributed by atoms with Crippen LogP contribution >= 0.6 is 0 Å². The Balaban J connectivity index is 2.32.